The average Bonchev–Trinajstić information content (AvgIpc) is 4.02. The van der Waals surface area contributed by atoms with Crippen molar-refractivity contribution in [2.45, 2.75) is 19.3 Å². The van der Waals surface area contributed by atoms with E-state index in [0.29, 0.717) is 22.5 Å². The zero-order valence-corrected chi connectivity index (χ0v) is 34.0. The number of rotatable bonds is 3. The number of nitrogens with zero attached hydrogens (tertiary/aromatic N) is 5. The molecule has 0 spiro atoms. The molecule has 3 aromatic heterocycles. The van der Waals surface area contributed by atoms with Crippen molar-refractivity contribution in [3.05, 3.63) is 198 Å². The van der Waals surface area contributed by atoms with Gasteiger partial charge in [-0.2, -0.15) is 10.5 Å². The second-order valence-corrected chi connectivity index (χ2v) is 17.1. The van der Waals surface area contributed by atoms with Crippen LogP contribution in [0, 0.1) is 22.7 Å². The van der Waals surface area contributed by atoms with E-state index < -0.39 is 0 Å². The summed E-state index contributed by atoms with van der Waals surface area (Å²) in [5.74, 6) is 0. The Morgan fingerprint density at radius 2 is 0.968 bits per heavy atom. The smallest absolute Gasteiger partial charge is 0.101 e. The van der Waals surface area contributed by atoms with Crippen LogP contribution < -0.4 is 0 Å². The first kappa shape index (κ1) is 34.5. The second-order valence-electron chi connectivity index (χ2n) is 17.1. The topological polar surface area (TPSA) is 62.4 Å². The van der Waals surface area contributed by atoms with Gasteiger partial charge in [0.25, 0.3) is 0 Å². The zero-order valence-electron chi connectivity index (χ0n) is 34.0. The molecule has 0 atom stereocenters. The van der Waals surface area contributed by atoms with E-state index in [0.717, 1.165) is 71.1 Å². The Labute approximate surface area is 356 Å². The van der Waals surface area contributed by atoms with Gasteiger partial charge in [-0.15, -0.1) is 0 Å². The van der Waals surface area contributed by atoms with E-state index in [1.807, 2.05) is 12.1 Å². The van der Waals surface area contributed by atoms with Gasteiger partial charge in [-0.3, -0.25) is 0 Å². The molecule has 62 heavy (non-hydrogen) atoms. The number of benzene rings is 9. The first-order valence-electron chi connectivity index (χ1n) is 21.1. The minimum atomic E-state index is -0.205. The minimum absolute atomic E-state index is 0.205. The van der Waals surface area contributed by atoms with Crippen LogP contribution in [0.4, 0.5) is 0 Å². The lowest BCUT2D eigenvalue weighted by atomic mass is 9.82. The third kappa shape index (κ3) is 4.39. The predicted molar refractivity (Wildman–Crippen MR) is 254 cm³/mol. The van der Waals surface area contributed by atoms with E-state index in [4.69, 9.17) is 0 Å². The molecule has 0 N–H and O–H groups in total. The Bertz CT molecular complexity index is 3990. The highest BCUT2D eigenvalue weighted by Crippen LogP contribution is 2.53. The van der Waals surface area contributed by atoms with Crippen LogP contribution in [0.2, 0.25) is 0 Å². The lowest BCUT2D eigenvalue weighted by Gasteiger charge is -2.21. The molecule has 0 radical (unpaired) electrons. The molecule has 3 heterocycles. The summed E-state index contributed by atoms with van der Waals surface area (Å²) in [7, 11) is 0. The molecular formula is C57H35N5. The van der Waals surface area contributed by atoms with Gasteiger partial charge in [0.2, 0.25) is 0 Å². The number of nitriles is 2. The van der Waals surface area contributed by atoms with Gasteiger partial charge in [0, 0.05) is 49.0 Å². The molecule has 0 amide bonds. The summed E-state index contributed by atoms with van der Waals surface area (Å²) in [5, 5.41) is 31.5. The zero-order chi connectivity index (χ0) is 41.4. The van der Waals surface area contributed by atoms with E-state index in [2.05, 4.69) is 203 Å². The Morgan fingerprint density at radius 3 is 1.66 bits per heavy atom. The number of hydrogen-bond acceptors (Lipinski definition) is 2. The minimum Gasteiger partial charge on any atom is -0.309 e. The van der Waals surface area contributed by atoms with Gasteiger partial charge in [0.1, 0.15) is 12.1 Å². The summed E-state index contributed by atoms with van der Waals surface area (Å²) >= 11 is 0. The van der Waals surface area contributed by atoms with E-state index in [9.17, 15) is 10.5 Å². The lowest BCUT2D eigenvalue weighted by molar-refractivity contribution is 0.661. The van der Waals surface area contributed by atoms with Crippen molar-refractivity contribution in [3.63, 3.8) is 0 Å². The fraction of sp³-hybridized carbons (Fsp3) is 0.0526. The summed E-state index contributed by atoms with van der Waals surface area (Å²) < 4.78 is 6.78. The fourth-order valence-corrected chi connectivity index (χ4v) is 11.0. The maximum atomic E-state index is 11.2. The molecule has 0 saturated carbocycles. The van der Waals surface area contributed by atoms with Gasteiger partial charge in [-0.1, -0.05) is 135 Å². The molecule has 0 fully saturated rings. The second kappa shape index (κ2) is 12.3. The summed E-state index contributed by atoms with van der Waals surface area (Å²) in [5.41, 5.74) is 14.4. The molecule has 1 aliphatic rings. The van der Waals surface area contributed by atoms with Gasteiger partial charge in [-0.05, 0) is 82.1 Å². The van der Waals surface area contributed by atoms with Crippen molar-refractivity contribution in [1.29, 1.82) is 10.5 Å². The molecule has 13 rings (SSSR count). The normalized spacial score (nSPS) is 13.1. The van der Waals surface area contributed by atoms with Crippen molar-refractivity contribution in [3.8, 4) is 40.3 Å². The molecule has 288 valence electrons. The third-order valence-corrected chi connectivity index (χ3v) is 13.7. The summed E-state index contributed by atoms with van der Waals surface area (Å²) in [6.07, 6.45) is 0. The van der Waals surface area contributed by atoms with Crippen LogP contribution in [0.25, 0.3) is 104 Å². The van der Waals surface area contributed by atoms with Gasteiger partial charge in [-0.25, -0.2) is 0 Å². The Balaban J connectivity index is 1.11. The number of para-hydroxylation sites is 3. The molecule has 5 heteroatoms. The van der Waals surface area contributed by atoms with E-state index >= 15 is 0 Å². The summed E-state index contributed by atoms with van der Waals surface area (Å²) in [6, 6.07) is 67.4. The SMILES string of the molecule is CC1(C)c2ccccc2-c2c1ccc1c3ccccc3n(-c3cc(C#N)c(-n4c5ccc(-n6c7ccccc7c7ccccc76)cc5c5c6ccccc6ccc54)cc3C#N)c21. The molecule has 9 aromatic carbocycles. The monoisotopic (exact) mass is 789 g/mol. The van der Waals surface area contributed by atoms with E-state index in [1.165, 1.54) is 33.0 Å². The van der Waals surface area contributed by atoms with Gasteiger partial charge < -0.3 is 13.7 Å². The van der Waals surface area contributed by atoms with Crippen LogP contribution >= 0.6 is 0 Å². The highest BCUT2D eigenvalue weighted by molar-refractivity contribution is 6.22. The van der Waals surface area contributed by atoms with E-state index in [1.54, 1.807) is 0 Å². The largest absolute Gasteiger partial charge is 0.309 e. The first-order valence-corrected chi connectivity index (χ1v) is 21.1. The fourth-order valence-electron chi connectivity index (χ4n) is 11.0. The number of aromatic nitrogens is 3. The molecule has 0 saturated heterocycles. The van der Waals surface area contributed by atoms with Crippen LogP contribution in [0.1, 0.15) is 36.1 Å². The van der Waals surface area contributed by atoms with Crippen LogP contribution in [-0.2, 0) is 5.41 Å². The molecule has 0 unspecified atom stereocenters. The quantitative estimate of drug-likeness (QED) is 0.179. The third-order valence-electron chi connectivity index (χ3n) is 13.7. The first-order chi connectivity index (χ1) is 30.5. The van der Waals surface area contributed by atoms with Gasteiger partial charge in [0.05, 0.1) is 55.6 Å². The average molecular weight is 790 g/mol. The highest BCUT2D eigenvalue weighted by atomic mass is 15.0. The predicted octanol–water partition coefficient (Wildman–Crippen LogP) is 14.2. The Hall–Kier alpha value is -8.38. The maximum Gasteiger partial charge on any atom is 0.101 e. The van der Waals surface area contributed by atoms with Crippen LogP contribution in [-0.4, -0.2) is 13.7 Å². The van der Waals surface area contributed by atoms with Crippen molar-refractivity contribution in [2.24, 2.45) is 0 Å². The standard InChI is InChI=1S/C57H35N5/c1-57(2)45-19-9-5-18-43(45)55-46(57)26-25-42-41-17-8-12-22-49(41)62(56(42)55)53-30-35(32-58)52(29-36(53)33-59)61-50-28-24-37(31-44(50)54-38-14-4-3-13-34(38)23-27-51(54)61)60-47-20-10-6-15-39(47)40-16-7-11-21-48(40)60/h3-31H,1-2H3. The van der Waals surface area contributed by atoms with Gasteiger partial charge in [0.15, 0.2) is 0 Å². The van der Waals surface area contributed by atoms with Crippen LogP contribution in [0.15, 0.2) is 176 Å². The Morgan fingerprint density at radius 1 is 0.419 bits per heavy atom. The number of fused-ring (bicyclic) bond motifs is 15. The van der Waals surface area contributed by atoms with Crippen molar-refractivity contribution in [2.75, 3.05) is 0 Å². The lowest BCUT2D eigenvalue weighted by Crippen LogP contribution is -2.14. The van der Waals surface area contributed by atoms with Crippen molar-refractivity contribution < 1.29 is 0 Å². The van der Waals surface area contributed by atoms with Crippen LogP contribution in [0.5, 0.6) is 0 Å². The van der Waals surface area contributed by atoms with Gasteiger partial charge >= 0.3 is 0 Å². The Kier molecular flexibility index (Phi) is 6.86. The number of hydrogen-bond donors (Lipinski definition) is 0. The molecule has 5 nitrogen and oxygen atoms in total. The van der Waals surface area contributed by atoms with E-state index in [-0.39, 0.29) is 5.41 Å². The van der Waals surface area contributed by atoms with Crippen LogP contribution in [0.3, 0.4) is 0 Å². The molecule has 0 aliphatic heterocycles. The molecule has 0 bridgehead atoms. The molecule has 12 aromatic rings. The molecular weight excluding hydrogens is 755 g/mol. The van der Waals surface area contributed by atoms with Crippen molar-refractivity contribution >= 4 is 76.2 Å². The summed E-state index contributed by atoms with van der Waals surface area (Å²) in [6.45, 7) is 4.58. The highest BCUT2D eigenvalue weighted by Gasteiger charge is 2.38. The summed E-state index contributed by atoms with van der Waals surface area (Å²) in [4.78, 5) is 0. The maximum absolute atomic E-state index is 11.2. The molecule has 1 aliphatic carbocycles. The van der Waals surface area contributed by atoms with Crippen molar-refractivity contribution in [1.82, 2.24) is 13.7 Å².